The van der Waals surface area contributed by atoms with Crippen molar-refractivity contribution < 1.29 is 10.4 Å². The van der Waals surface area contributed by atoms with Crippen LogP contribution in [0, 0.1) is 18.3 Å². The maximum atomic E-state index is 10.1. The molecule has 4 aromatic carbocycles. The summed E-state index contributed by atoms with van der Waals surface area (Å²) in [6.45, 7) is 2.12. The van der Waals surface area contributed by atoms with E-state index >= 15 is 0 Å². The van der Waals surface area contributed by atoms with Gasteiger partial charge in [0.25, 0.3) is 0 Å². The Morgan fingerprint density at radius 1 is 0.800 bits per heavy atom. The predicted octanol–water partition coefficient (Wildman–Crippen LogP) is 9.25. The monoisotopic (exact) mass is 520 g/mol. The highest BCUT2D eigenvalue weighted by molar-refractivity contribution is 6.14. The molecular formula is C37H31N2O+. The zero-order valence-electron chi connectivity index (χ0n) is 23.9. The standard InChI is InChI=1S/C37H31N2O/c1-24-12-18-31-32-19-17-30(23-38)35(28-15-13-27(14-16-28)25-10-6-7-11-25)37(32)40-36(31)34(24)33-22-29(20-21-39(33)2)26-8-4-3-5-9-26/h3-5,8-9,12-22,25H,6-7,10-11H2,1-2H3/q+1/i25D. The van der Waals surface area contributed by atoms with Crippen LogP contribution < -0.4 is 4.57 Å². The molecule has 40 heavy (non-hydrogen) atoms. The molecule has 2 aromatic heterocycles. The third-order valence-electron chi connectivity index (χ3n) is 8.44. The Hall–Kier alpha value is -4.68. The summed E-state index contributed by atoms with van der Waals surface area (Å²) in [5.74, 6) is -0.502. The van der Waals surface area contributed by atoms with Crippen LogP contribution >= 0.6 is 0 Å². The van der Waals surface area contributed by atoms with Crippen molar-refractivity contribution >= 4 is 21.9 Å². The van der Waals surface area contributed by atoms with Crippen molar-refractivity contribution in [2.45, 2.75) is 38.5 Å². The lowest BCUT2D eigenvalue weighted by atomic mass is 9.92. The van der Waals surface area contributed by atoms with E-state index in [0.29, 0.717) is 5.56 Å². The molecule has 194 valence electrons. The Labute approximate surface area is 236 Å². The number of aromatic nitrogens is 1. The summed E-state index contributed by atoms with van der Waals surface area (Å²) in [7, 11) is 2.06. The van der Waals surface area contributed by atoms with E-state index in [4.69, 9.17) is 5.79 Å². The van der Waals surface area contributed by atoms with Gasteiger partial charge in [0.1, 0.15) is 18.2 Å². The number of fused-ring (bicyclic) bond motifs is 3. The van der Waals surface area contributed by atoms with Gasteiger partial charge in [0.15, 0.2) is 6.20 Å². The van der Waals surface area contributed by atoms with Crippen LogP contribution in [0.3, 0.4) is 0 Å². The number of pyridine rings is 1. The van der Waals surface area contributed by atoms with Crippen molar-refractivity contribution in [3.63, 3.8) is 0 Å². The Bertz CT molecular complexity index is 1970. The summed E-state index contributed by atoms with van der Waals surface area (Å²) in [5.41, 5.74) is 10.5. The molecule has 0 N–H and O–H groups in total. The zero-order valence-corrected chi connectivity index (χ0v) is 22.9. The average molecular weight is 521 g/mol. The minimum atomic E-state index is -0.502. The molecule has 6 aromatic rings. The minimum absolute atomic E-state index is 0.502. The van der Waals surface area contributed by atoms with E-state index < -0.39 is 5.89 Å². The molecule has 1 fully saturated rings. The van der Waals surface area contributed by atoms with Gasteiger partial charge < -0.3 is 4.42 Å². The van der Waals surface area contributed by atoms with Gasteiger partial charge in [-0.25, -0.2) is 4.57 Å². The predicted molar refractivity (Wildman–Crippen MR) is 162 cm³/mol. The summed E-state index contributed by atoms with van der Waals surface area (Å²) in [5, 5.41) is 12.1. The second kappa shape index (κ2) is 9.81. The van der Waals surface area contributed by atoms with E-state index in [2.05, 4.69) is 104 Å². The van der Waals surface area contributed by atoms with E-state index in [1.54, 1.807) is 0 Å². The second-order valence-electron chi connectivity index (χ2n) is 10.9. The summed E-state index contributed by atoms with van der Waals surface area (Å²) >= 11 is 0. The van der Waals surface area contributed by atoms with Crippen molar-refractivity contribution in [3.05, 3.63) is 114 Å². The molecule has 0 radical (unpaired) electrons. The van der Waals surface area contributed by atoms with E-state index in [1.165, 1.54) is 5.56 Å². The van der Waals surface area contributed by atoms with Gasteiger partial charge in [0.05, 0.1) is 17.2 Å². The summed E-state index contributed by atoms with van der Waals surface area (Å²) < 4.78 is 17.9. The molecule has 1 aliphatic rings. The van der Waals surface area contributed by atoms with Gasteiger partial charge in [0, 0.05) is 29.8 Å². The van der Waals surface area contributed by atoms with Crippen molar-refractivity contribution in [2.75, 3.05) is 0 Å². The first-order valence-corrected chi connectivity index (χ1v) is 14.0. The molecule has 0 unspecified atom stereocenters. The third-order valence-corrected chi connectivity index (χ3v) is 8.44. The molecule has 0 aliphatic heterocycles. The summed E-state index contributed by atoms with van der Waals surface area (Å²) in [6.07, 6.45) is 6.12. The fraction of sp³-hybridized carbons (Fsp3) is 0.189. The lowest BCUT2D eigenvalue weighted by molar-refractivity contribution is -0.660. The number of hydrogen-bond acceptors (Lipinski definition) is 2. The maximum Gasteiger partial charge on any atom is 0.216 e. The Morgan fingerprint density at radius 2 is 1.50 bits per heavy atom. The highest BCUT2D eigenvalue weighted by atomic mass is 16.3. The molecule has 0 atom stereocenters. The van der Waals surface area contributed by atoms with Gasteiger partial charge in [0.2, 0.25) is 5.69 Å². The zero-order chi connectivity index (χ0) is 28.1. The SMILES string of the molecule is [2H]C1(c2ccc(-c3c(C#N)ccc4c3oc3c(-c5cc(-c6ccccc6)cc[n+]5C)c(C)ccc34)cc2)CCCC1. The van der Waals surface area contributed by atoms with E-state index in [9.17, 15) is 5.26 Å². The first-order valence-electron chi connectivity index (χ1n) is 14.5. The van der Waals surface area contributed by atoms with Crippen LogP contribution in [-0.4, -0.2) is 0 Å². The van der Waals surface area contributed by atoms with Crippen molar-refractivity contribution in [3.8, 4) is 39.6 Å². The van der Waals surface area contributed by atoms with Crippen LogP contribution in [0.5, 0.6) is 0 Å². The van der Waals surface area contributed by atoms with Crippen molar-refractivity contribution in [1.29, 1.82) is 5.26 Å². The highest BCUT2D eigenvalue weighted by Gasteiger charge is 2.24. The van der Waals surface area contributed by atoms with Crippen LogP contribution in [0.25, 0.3) is 55.4 Å². The molecule has 1 aliphatic carbocycles. The van der Waals surface area contributed by atoms with Gasteiger partial charge in [-0.1, -0.05) is 79.6 Å². The van der Waals surface area contributed by atoms with Crippen LogP contribution in [0.4, 0.5) is 0 Å². The number of aryl methyl sites for hydroxylation is 2. The van der Waals surface area contributed by atoms with Crippen LogP contribution in [-0.2, 0) is 7.05 Å². The lowest BCUT2D eigenvalue weighted by Crippen LogP contribution is -2.30. The van der Waals surface area contributed by atoms with Gasteiger partial charge in [-0.05, 0) is 65.6 Å². The number of benzene rings is 4. The van der Waals surface area contributed by atoms with Gasteiger partial charge in [-0.2, -0.15) is 5.26 Å². The summed E-state index contributed by atoms with van der Waals surface area (Å²) in [4.78, 5) is 0. The lowest BCUT2D eigenvalue weighted by Gasteiger charge is -2.11. The van der Waals surface area contributed by atoms with Gasteiger partial charge >= 0.3 is 0 Å². The number of hydrogen-bond donors (Lipinski definition) is 0. The van der Waals surface area contributed by atoms with E-state index in [0.717, 1.165) is 86.7 Å². The Kier molecular flexibility index (Phi) is 5.70. The number of nitrogens with zero attached hydrogens (tertiary/aromatic N) is 2. The quantitative estimate of drug-likeness (QED) is 0.217. The fourth-order valence-electron chi connectivity index (χ4n) is 6.29. The Balaban J connectivity index is 1.44. The molecule has 0 bridgehead atoms. The molecular weight excluding hydrogens is 488 g/mol. The molecule has 1 saturated carbocycles. The molecule has 3 heteroatoms. The average Bonchev–Trinajstić information content (AvgIpc) is 3.62. The fourth-order valence-corrected chi connectivity index (χ4v) is 6.29. The van der Waals surface area contributed by atoms with Gasteiger partial charge in [-0.3, -0.25) is 0 Å². The molecule has 0 saturated heterocycles. The smallest absolute Gasteiger partial charge is 0.216 e. The molecule has 0 spiro atoms. The third kappa shape index (κ3) is 4.00. The van der Waals surface area contributed by atoms with Crippen molar-refractivity contribution in [1.82, 2.24) is 0 Å². The molecule has 2 heterocycles. The first-order chi connectivity index (χ1) is 20.0. The maximum absolute atomic E-state index is 10.1. The van der Waals surface area contributed by atoms with Crippen LogP contribution in [0.2, 0.25) is 0 Å². The minimum Gasteiger partial charge on any atom is -0.454 e. The first kappa shape index (κ1) is 23.2. The van der Waals surface area contributed by atoms with E-state index in [-0.39, 0.29) is 0 Å². The van der Waals surface area contributed by atoms with Crippen molar-refractivity contribution in [2.24, 2.45) is 7.05 Å². The molecule has 0 amide bonds. The summed E-state index contributed by atoms with van der Waals surface area (Å²) in [6, 6.07) is 33.6. The Morgan fingerprint density at radius 3 is 2.23 bits per heavy atom. The second-order valence-corrected chi connectivity index (χ2v) is 10.9. The van der Waals surface area contributed by atoms with Gasteiger partial charge in [-0.15, -0.1) is 0 Å². The van der Waals surface area contributed by atoms with Crippen LogP contribution in [0.15, 0.2) is 102 Å². The largest absolute Gasteiger partial charge is 0.454 e. The van der Waals surface area contributed by atoms with E-state index in [1.807, 2.05) is 18.2 Å². The normalized spacial score (nSPS) is 14.9. The number of rotatable bonds is 4. The molecule has 7 rings (SSSR count). The number of furan rings is 1. The topological polar surface area (TPSA) is 40.8 Å². The highest BCUT2D eigenvalue weighted by Crippen LogP contribution is 2.43. The van der Waals surface area contributed by atoms with Crippen LogP contribution in [0.1, 0.15) is 49.6 Å². The number of nitriles is 1. The molecule has 3 nitrogen and oxygen atoms in total.